The lowest BCUT2D eigenvalue weighted by molar-refractivity contribution is 0.369. The number of nitrogens with zero attached hydrogens (tertiary/aromatic N) is 6. The van der Waals surface area contributed by atoms with Gasteiger partial charge in [0.2, 0.25) is 0 Å². The maximum absolute atomic E-state index is 9.99. The van der Waals surface area contributed by atoms with Crippen LogP contribution in [0.1, 0.15) is 5.82 Å². The molecule has 2 heterocycles. The average molecular weight is 329 g/mol. The Hall–Kier alpha value is -2.77. The number of aromatic nitrogens is 3. The number of aliphatic imine (C=N–C) groups is 1. The Morgan fingerprint density at radius 1 is 1.25 bits per heavy atom. The Kier molecular flexibility index (Phi) is 4.83. The van der Waals surface area contributed by atoms with E-state index in [1.54, 1.807) is 24.1 Å². The number of benzene rings is 1. The van der Waals surface area contributed by atoms with Crippen LogP contribution in [0.3, 0.4) is 0 Å². The van der Waals surface area contributed by atoms with Gasteiger partial charge in [-0.1, -0.05) is 12.1 Å². The summed E-state index contributed by atoms with van der Waals surface area (Å²) >= 11 is 0. The molecule has 1 aromatic carbocycles. The monoisotopic (exact) mass is 329 g/mol. The highest BCUT2D eigenvalue weighted by Crippen LogP contribution is 2.27. The minimum atomic E-state index is 0.329. The van der Waals surface area contributed by atoms with Crippen molar-refractivity contribution in [2.45, 2.75) is 6.54 Å². The minimum Gasteiger partial charge on any atom is -0.506 e. The first kappa shape index (κ1) is 16.1. The zero-order valence-electron chi connectivity index (χ0n) is 14.1. The SMILES string of the molecule is CN=C(NCc1ncnn1C)N1CCN(c2ccccc2O)CC1. The summed E-state index contributed by atoms with van der Waals surface area (Å²) in [5, 5.41) is 17.4. The fourth-order valence-electron chi connectivity index (χ4n) is 2.86. The molecule has 0 amide bonds. The first-order valence-corrected chi connectivity index (χ1v) is 8.00. The highest BCUT2D eigenvalue weighted by atomic mass is 16.3. The molecular weight excluding hydrogens is 306 g/mol. The number of phenolic OH excluding ortho intramolecular Hbond substituents is 1. The Morgan fingerprint density at radius 3 is 2.62 bits per heavy atom. The van der Waals surface area contributed by atoms with Crippen LogP contribution in [0.2, 0.25) is 0 Å². The number of anilines is 1. The van der Waals surface area contributed by atoms with Crippen LogP contribution in [-0.2, 0) is 13.6 Å². The molecule has 0 spiro atoms. The van der Waals surface area contributed by atoms with Crippen LogP contribution >= 0.6 is 0 Å². The summed E-state index contributed by atoms with van der Waals surface area (Å²) in [6.45, 7) is 3.94. The normalized spacial score (nSPS) is 15.7. The lowest BCUT2D eigenvalue weighted by Crippen LogP contribution is -2.52. The Morgan fingerprint density at radius 2 is 2.00 bits per heavy atom. The lowest BCUT2D eigenvalue weighted by atomic mass is 10.2. The second-order valence-corrected chi connectivity index (χ2v) is 5.66. The van der Waals surface area contributed by atoms with Crippen LogP contribution in [0, 0.1) is 0 Å². The molecule has 3 rings (SSSR count). The van der Waals surface area contributed by atoms with Crippen molar-refractivity contribution >= 4 is 11.6 Å². The van der Waals surface area contributed by atoms with E-state index in [1.807, 2.05) is 25.2 Å². The number of para-hydroxylation sites is 2. The molecule has 0 unspecified atom stereocenters. The van der Waals surface area contributed by atoms with Crippen LogP contribution in [0.5, 0.6) is 5.75 Å². The summed E-state index contributed by atoms with van der Waals surface area (Å²) in [7, 11) is 3.66. The van der Waals surface area contributed by atoms with Gasteiger partial charge in [-0.15, -0.1) is 0 Å². The predicted molar refractivity (Wildman–Crippen MR) is 93.1 cm³/mol. The van der Waals surface area contributed by atoms with E-state index in [9.17, 15) is 5.11 Å². The van der Waals surface area contributed by atoms with Gasteiger partial charge in [-0.25, -0.2) is 4.98 Å². The molecule has 128 valence electrons. The molecule has 2 aromatic rings. The molecule has 0 radical (unpaired) electrons. The standard InChI is InChI=1S/C16H23N7O/c1-17-16(18-11-15-19-12-20-21(15)2)23-9-7-22(8-10-23)13-5-3-4-6-14(13)24/h3-6,12,24H,7-11H2,1-2H3,(H,17,18). The van der Waals surface area contributed by atoms with E-state index in [1.165, 1.54) is 0 Å². The largest absolute Gasteiger partial charge is 0.506 e. The quantitative estimate of drug-likeness (QED) is 0.627. The fraction of sp³-hybridized carbons (Fsp3) is 0.438. The number of aromatic hydroxyl groups is 1. The maximum atomic E-state index is 9.99. The summed E-state index contributed by atoms with van der Waals surface area (Å²) in [6, 6.07) is 7.46. The van der Waals surface area contributed by atoms with Crippen molar-refractivity contribution in [1.82, 2.24) is 25.0 Å². The average Bonchev–Trinajstić information content (AvgIpc) is 3.02. The summed E-state index contributed by atoms with van der Waals surface area (Å²) in [6.07, 6.45) is 1.55. The van der Waals surface area contributed by atoms with Crippen molar-refractivity contribution in [1.29, 1.82) is 0 Å². The molecule has 0 atom stereocenters. The van der Waals surface area contributed by atoms with E-state index < -0.39 is 0 Å². The van der Waals surface area contributed by atoms with Crippen molar-refractivity contribution < 1.29 is 5.11 Å². The zero-order chi connectivity index (χ0) is 16.9. The lowest BCUT2D eigenvalue weighted by Gasteiger charge is -2.37. The maximum Gasteiger partial charge on any atom is 0.194 e. The second-order valence-electron chi connectivity index (χ2n) is 5.66. The van der Waals surface area contributed by atoms with Gasteiger partial charge in [-0.3, -0.25) is 9.67 Å². The summed E-state index contributed by atoms with van der Waals surface area (Å²) < 4.78 is 1.75. The van der Waals surface area contributed by atoms with E-state index >= 15 is 0 Å². The Balaban J connectivity index is 1.57. The molecule has 2 N–H and O–H groups in total. The van der Waals surface area contributed by atoms with Gasteiger partial charge >= 0.3 is 0 Å². The molecule has 8 heteroatoms. The number of phenols is 1. The van der Waals surface area contributed by atoms with Crippen LogP contribution in [0.25, 0.3) is 0 Å². The molecule has 1 aliphatic rings. The number of nitrogens with one attached hydrogen (secondary N) is 1. The third-order valence-corrected chi connectivity index (χ3v) is 4.22. The van der Waals surface area contributed by atoms with Gasteiger partial charge in [0.15, 0.2) is 5.96 Å². The number of guanidine groups is 1. The smallest absolute Gasteiger partial charge is 0.194 e. The number of piperazine rings is 1. The highest BCUT2D eigenvalue weighted by Gasteiger charge is 2.21. The second kappa shape index (κ2) is 7.20. The molecule has 8 nitrogen and oxygen atoms in total. The molecule has 0 saturated carbocycles. The van der Waals surface area contributed by atoms with Crippen molar-refractivity contribution in [2.24, 2.45) is 12.0 Å². The number of aryl methyl sites for hydroxylation is 1. The van der Waals surface area contributed by atoms with Crippen molar-refractivity contribution in [3.05, 3.63) is 36.4 Å². The van der Waals surface area contributed by atoms with E-state index in [0.717, 1.165) is 43.7 Å². The molecular formula is C16H23N7O. The highest BCUT2D eigenvalue weighted by molar-refractivity contribution is 5.80. The molecule has 24 heavy (non-hydrogen) atoms. The zero-order valence-corrected chi connectivity index (χ0v) is 14.1. The molecule has 0 aliphatic carbocycles. The van der Waals surface area contributed by atoms with Gasteiger partial charge in [0.25, 0.3) is 0 Å². The molecule has 1 aliphatic heterocycles. The van der Waals surface area contributed by atoms with E-state index in [2.05, 4.69) is 30.2 Å². The number of hydrogen-bond acceptors (Lipinski definition) is 5. The third kappa shape index (κ3) is 3.42. The number of hydrogen-bond donors (Lipinski definition) is 2. The van der Waals surface area contributed by atoms with Gasteiger partial charge in [0, 0.05) is 40.3 Å². The van der Waals surface area contributed by atoms with Gasteiger partial charge in [0.05, 0.1) is 12.2 Å². The predicted octanol–water partition coefficient (Wildman–Crippen LogP) is 0.418. The molecule has 1 aromatic heterocycles. The third-order valence-electron chi connectivity index (χ3n) is 4.22. The van der Waals surface area contributed by atoms with Crippen LogP contribution in [0.4, 0.5) is 5.69 Å². The Labute approximate surface area is 141 Å². The summed E-state index contributed by atoms with van der Waals surface area (Å²) in [4.78, 5) is 13.0. The van der Waals surface area contributed by atoms with E-state index in [0.29, 0.717) is 12.3 Å². The van der Waals surface area contributed by atoms with Gasteiger partial charge in [-0.2, -0.15) is 5.10 Å². The molecule has 1 saturated heterocycles. The molecule has 0 bridgehead atoms. The van der Waals surface area contributed by atoms with Crippen molar-refractivity contribution in [3.8, 4) is 5.75 Å². The van der Waals surface area contributed by atoms with Gasteiger partial charge in [0.1, 0.15) is 17.9 Å². The summed E-state index contributed by atoms with van der Waals surface area (Å²) in [5.74, 6) is 2.05. The Bertz CT molecular complexity index is 704. The van der Waals surface area contributed by atoms with Gasteiger partial charge in [-0.05, 0) is 12.1 Å². The number of rotatable bonds is 3. The first-order valence-electron chi connectivity index (χ1n) is 8.00. The first-order chi connectivity index (χ1) is 11.7. The minimum absolute atomic E-state index is 0.329. The summed E-state index contributed by atoms with van der Waals surface area (Å²) in [5.41, 5.74) is 0.888. The van der Waals surface area contributed by atoms with Gasteiger partial charge < -0.3 is 20.2 Å². The van der Waals surface area contributed by atoms with Crippen molar-refractivity contribution in [2.75, 3.05) is 38.1 Å². The van der Waals surface area contributed by atoms with E-state index in [-0.39, 0.29) is 0 Å². The van der Waals surface area contributed by atoms with E-state index in [4.69, 9.17) is 0 Å². The molecule has 1 fully saturated rings. The van der Waals surface area contributed by atoms with Crippen LogP contribution < -0.4 is 10.2 Å². The topological polar surface area (TPSA) is 81.8 Å². The fourth-order valence-corrected chi connectivity index (χ4v) is 2.86. The van der Waals surface area contributed by atoms with Crippen LogP contribution in [-0.4, -0.2) is 64.0 Å². The van der Waals surface area contributed by atoms with Crippen LogP contribution in [0.15, 0.2) is 35.6 Å². The van der Waals surface area contributed by atoms with Crippen molar-refractivity contribution in [3.63, 3.8) is 0 Å².